The maximum Gasteiger partial charge on any atom is 0.338 e. The average Bonchev–Trinajstić information content (AvgIpc) is 3.45. The van der Waals surface area contributed by atoms with E-state index in [0.29, 0.717) is 20.9 Å². The molecule has 0 radical (unpaired) electrons. The molecule has 198 valence electrons. The van der Waals surface area contributed by atoms with Gasteiger partial charge in [0.2, 0.25) is 0 Å². The van der Waals surface area contributed by atoms with Crippen molar-refractivity contribution in [3.8, 4) is 0 Å². The van der Waals surface area contributed by atoms with Gasteiger partial charge in [0.15, 0.2) is 10.8 Å². The van der Waals surface area contributed by atoms with Gasteiger partial charge in [0, 0.05) is 47.2 Å². The van der Waals surface area contributed by atoms with Gasteiger partial charge in [-0.1, -0.05) is 22.0 Å². The number of amidine groups is 1. The number of nitrogens with zero attached hydrogens (tertiary/aromatic N) is 3. The molecule has 2 aromatic rings. The number of rotatable bonds is 8. The number of carboxylic acid groups (broad SMARTS) is 1. The number of carbonyl (C=O) groups is 2. The fourth-order valence-corrected chi connectivity index (χ4v) is 5.79. The number of aliphatic carboxylic acids is 1. The second kappa shape index (κ2) is 10.9. The molecule has 1 aromatic carbocycles. The van der Waals surface area contributed by atoms with E-state index in [4.69, 9.17) is 9.84 Å². The van der Waals surface area contributed by atoms with Crippen LogP contribution in [0.15, 0.2) is 50.5 Å². The molecule has 13 heteroatoms. The number of hydrogen-bond acceptors (Lipinski definition) is 8. The molecule has 4 rings (SSSR count). The molecule has 1 fully saturated rings. The van der Waals surface area contributed by atoms with E-state index in [9.17, 15) is 22.8 Å². The Morgan fingerprint density at radius 2 is 2.14 bits per heavy atom. The highest BCUT2D eigenvalue weighted by Crippen LogP contribution is 2.42. The minimum atomic E-state index is -3.05. The first-order valence-electron chi connectivity index (χ1n) is 11.4. The number of aromatic nitrogens is 1. The number of hydrogen-bond donors (Lipinski definition) is 2. The van der Waals surface area contributed by atoms with Crippen LogP contribution in [0.1, 0.15) is 42.8 Å². The van der Waals surface area contributed by atoms with Gasteiger partial charge in [0.1, 0.15) is 11.9 Å². The number of alkyl halides is 2. The van der Waals surface area contributed by atoms with Gasteiger partial charge >= 0.3 is 11.9 Å². The maximum atomic E-state index is 14.8. The van der Waals surface area contributed by atoms with E-state index in [2.05, 4.69) is 31.2 Å². The zero-order valence-electron chi connectivity index (χ0n) is 19.9. The fraction of sp³-hybridized carbons (Fsp3) is 0.417. The fourth-order valence-electron chi connectivity index (χ4n) is 4.64. The number of ether oxygens (including phenoxy) is 1. The van der Waals surface area contributed by atoms with Crippen LogP contribution in [-0.2, 0) is 14.3 Å². The lowest BCUT2D eigenvalue weighted by atomic mass is 9.95. The van der Waals surface area contributed by atoms with Crippen LogP contribution in [0.5, 0.6) is 0 Å². The van der Waals surface area contributed by atoms with E-state index < -0.39 is 48.2 Å². The van der Waals surface area contributed by atoms with E-state index in [1.54, 1.807) is 11.6 Å². The van der Waals surface area contributed by atoms with Crippen LogP contribution in [0.25, 0.3) is 0 Å². The van der Waals surface area contributed by atoms with Crippen molar-refractivity contribution in [2.24, 2.45) is 4.99 Å². The zero-order chi connectivity index (χ0) is 26.9. The van der Waals surface area contributed by atoms with E-state index in [-0.39, 0.29) is 30.7 Å². The molecule has 1 aromatic heterocycles. The van der Waals surface area contributed by atoms with E-state index in [0.717, 1.165) is 0 Å². The van der Waals surface area contributed by atoms with Crippen molar-refractivity contribution in [1.82, 2.24) is 15.2 Å². The molecule has 37 heavy (non-hydrogen) atoms. The van der Waals surface area contributed by atoms with Gasteiger partial charge in [0.25, 0.3) is 5.92 Å². The molecule has 3 atom stereocenters. The molecule has 0 amide bonds. The quantitative estimate of drug-likeness (QED) is 0.429. The molecule has 0 bridgehead atoms. The van der Waals surface area contributed by atoms with Gasteiger partial charge in [-0.05, 0) is 31.0 Å². The molecule has 0 saturated carbocycles. The lowest BCUT2D eigenvalue weighted by Crippen LogP contribution is -2.45. The molecular formula is C24H24BrF3N4O4S. The lowest BCUT2D eigenvalue weighted by molar-refractivity contribution is -0.137. The van der Waals surface area contributed by atoms with Crippen molar-refractivity contribution in [1.29, 1.82) is 0 Å². The van der Waals surface area contributed by atoms with Crippen LogP contribution in [0.2, 0.25) is 0 Å². The van der Waals surface area contributed by atoms with Gasteiger partial charge in [-0.2, -0.15) is 0 Å². The van der Waals surface area contributed by atoms with Crippen molar-refractivity contribution in [2.45, 2.75) is 50.2 Å². The van der Waals surface area contributed by atoms with Crippen LogP contribution >= 0.6 is 27.3 Å². The van der Waals surface area contributed by atoms with Crippen molar-refractivity contribution >= 4 is 45.0 Å². The Hall–Kier alpha value is -2.77. The molecule has 8 nitrogen and oxygen atoms in total. The molecule has 1 saturated heterocycles. The minimum Gasteiger partial charge on any atom is -0.481 e. The van der Waals surface area contributed by atoms with Gasteiger partial charge in [-0.25, -0.2) is 22.9 Å². The Morgan fingerprint density at radius 1 is 1.38 bits per heavy atom. The Balaban J connectivity index is 1.81. The zero-order valence-corrected chi connectivity index (χ0v) is 22.3. The third-order valence-corrected chi connectivity index (χ3v) is 8.01. The average molecular weight is 601 g/mol. The summed E-state index contributed by atoms with van der Waals surface area (Å²) < 4.78 is 48.8. The number of benzene rings is 1. The summed E-state index contributed by atoms with van der Waals surface area (Å²) in [6.45, 7) is 1.26. The summed E-state index contributed by atoms with van der Waals surface area (Å²) in [6.07, 6.45) is 0.841. The highest BCUT2D eigenvalue weighted by molar-refractivity contribution is 9.10. The van der Waals surface area contributed by atoms with Crippen molar-refractivity contribution < 1.29 is 32.6 Å². The van der Waals surface area contributed by atoms with Gasteiger partial charge in [0.05, 0.1) is 18.7 Å². The summed E-state index contributed by atoms with van der Waals surface area (Å²) in [7, 11) is 1.20. The summed E-state index contributed by atoms with van der Waals surface area (Å²) in [6, 6.07) is 1.08. The number of halogens is 4. The summed E-state index contributed by atoms with van der Waals surface area (Å²) in [5.41, 5.74) is 0.824. The van der Waals surface area contributed by atoms with Crippen molar-refractivity contribution in [3.05, 3.63) is 61.9 Å². The second-order valence-electron chi connectivity index (χ2n) is 8.79. The molecule has 3 heterocycles. The predicted octanol–water partition coefficient (Wildman–Crippen LogP) is 4.53. The molecule has 0 aliphatic carbocycles. The van der Waals surface area contributed by atoms with Crippen LogP contribution in [0.3, 0.4) is 0 Å². The van der Waals surface area contributed by atoms with Crippen LogP contribution < -0.4 is 5.32 Å². The monoisotopic (exact) mass is 600 g/mol. The van der Waals surface area contributed by atoms with E-state index in [1.165, 1.54) is 48.5 Å². The first-order valence-corrected chi connectivity index (χ1v) is 13.1. The third kappa shape index (κ3) is 5.73. The number of aliphatic imine (C=N–C) groups is 1. The molecular weight excluding hydrogens is 577 g/mol. The van der Waals surface area contributed by atoms with Gasteiger partial charge in [-0.3, -0.25) is 14.7 Å². The summed E-state index contributed by atoms with van der Waals surface area (Å²) in [5, 5.41) is 14.5. The summed E-state index contributed by atoms with van der Waals surface area (Å²) >= 11 is 4.64. The first kappa shape index (κ1) is 27.3. The summed E-state index contributed by atoms with van der Waals surface area (Å²) in [4.78, 5) is 34.7. The number of carbonyl (C=O) groups excluding carboxylic acids is 1. The number of methoxy groups -OCH3 is 1. The Labute approximate surface area is 223 Å². The minimum absolute atomic E-state index is 0.0243. The Morgan fingerprint density at radius 3 is 2.76 bits per heavy atom. The SMILES string of the molecule is COC(=O)C1=C(CN2C(C)C(F)(F)C[C@H]2CCC(=O)O)NC(c2nccs2)=N[C@H]1c1ccc(F)cc1Br. The number of likely N-dealkylation sites (tertiary alicyclic amines) is 1. The van der Waals surface area contributed by atoms with Crippen molar-refractivity contribution in [2.75, 3.05) is 13.7 Å². The molecule has 1 unspecified atom stereocenters. The van der Waals surface area contributed by atoms with E-state index >= 15 is 0 Å². The largest absolute Gasteiger partial charge is 0.481 e. The highest BCUT2D eigenvalue weighted by atomic mass is 79.9. The molecule has 2 aliphatic rings. The number of esters is 1. The van der Waals surface area contributed by atoms with Gasteiger partial charge < -0.3 is 15.2 Å². The van der Waals surface area contributed by atoms with E-state index in [1.807, 2.05) is 0 Å². The van der Waals surface area contributed by atoms with Crippen LogP contribution in [0.4, 0.5) is 13.2 Å². The molecule has 2 aliphatic heterocycles. The Kier molecular flexibility index (Phi) is 8.05. The predicted molar refractivity (Wildman–Crippen MR) is 134 cm³/mol. The van der Waals surface area contributed by atoms with Crippen LogP contribution in [0, 0.1) is 5.82 Å². The molecule has 2 N–H and O–H groups in total. The standard InChI is InChI=1S/C24H24BrF3N4O4S/c1-12-24(27,28)10-14(4-6-18(33)34)32(12)11-17-19(23(35)36-2)20(15-5-3-13(26)9-16(15)25)31-21(30-17)22-29-7-8-37-22/h3,5,7-9,12,14,20H,4,6,10-11H2,1-2H3,(H,30,31)(H,33,34)/t12?,14-,20+/m1/s1. The van der Waals surface area contributed by atoms with Crippen LogP contribution in [-0.4, -0.2) is 64.4 Å². The lowest BCUT2D eigenvalue weighted by Gasteiger charge is -2.33. The number of nitrogens with one attached hydrogen (secondary N) is 1. The first-order chi connectivity index (χ1) is 17.5. The normalized spacial score (nSPS) is 23.5. The van der Waals surface area contributed by atoms with Gasteiger partial charge in [-0.15, -0.1) is 11.3 Å². The maximum absolute atomic E-state index is 14.8. The third-order valence-electron chi connectivity index (χ3n) is 6.54. The number of carboxylic acids is 1. The topological polar surface area (TPSA) is 104 Å². The highest BCUT2D eigenvalue weighted by Gasteiger charge is 2.51. The second-order valence-corrected chi connectivity index (χ2v) is 10.5. The Bertz CT molecular complexity index is 1250. The summed E-state index contributed by atoms with van der Waals surface area (Å²) in [5.74, 6) is -5.03. The van der Waals surface area contributed by atoms with Crippen molar-refractivity contribution in [3.63, 3.8) is 0 Å². The smallest absolute Gasteiger partial charge is 0.338 e. The number of thiazole rings is 1. The molecule has 0 spiro atoms.